The summed E-state index contributed by atoms with van der Waals surface area (Å²) < 4.78 is 5.61. The van der Waals surface area contributed by atoms with Gasteiger partial charge in [0.25, 0.3) is 0 Å². The van der Waals surface area contributed by atoms with Crippen LogP contribution in [0.1, 0.15) is 252 Å². The number of aliphatic hydroxyl groups is 1. The molecule has 0 aromatic rings. The average molecular weight is 831 g/mol. The molecule has 0 spiro atoms. The molecule has 3 N–H and O–H groups in total. The third kappa shape index (κ3) is 71.1. The Morgan fingerprint density at radius 1 is 0.475 bits per heavy atom. The zero-order chi connectivity index (χ0) is 45.0. The van der Waals surface area contributed by atoms with Gasteiger partial charge in [-0.2, -0.15) is 0 Å². The summed E-state index contributed by atoms with van der Waals surface area (Å²) in [6.07, 6.45) is 55.1. The van der Waals surface area contributed by atoms with E-state index in [1.807, 2.05) is 7.11 Å². The van der Waals surface area contributed by atoms with Crippen LogP contribution in [0.15, 0.2) is 62.8 Å². The molecular weight excluding hydrogens is 721 g/mol. The first kappa shape index (κ1) is 66.3. The number of aliphatic hydroxyl groups excluding tert-OH is 1. The molecule has 0 saturated carbocycles. The second-order valence-electron chi connectivity index (χ2n) is 16.1. The molecule has 0 rings (SSSR count). The highest BCUT2D eigenvalue weighted by Gasteiger charge is 2.07. The van der Waals surface area contributed by atoms with E-state index in [-0.39, 0.29) is 0 Å². The highest BCUT2D eigenvalue weighted by atomic mass is 16.5. The molecule has 0 amide bonds. The van der Waals surface area contributed by atoms with Crippen molar-refractivity contribution >= 4 is 0 Å². The minimum Gasteiger partial charge on any atom is -0.516 e. The van der Waals surface area contributed by atoms with E-state index in [1.54, 1.807) is 0 Å². The summed E-state index contributed by atoms with van der Waals surface area (Å²) in [6.45, 7) is 26.9. The number of hydrogen-bond donors (Lipinski definition) is 2. The monoisotopic (exact) mass is 831 g/mol. The van der Waals surface area contributed by atoms with E-state index in [0.29, 0.717) is 6.10 Å². The molecule has 0 aliphatic heterocycles. The fourth-order valence-corrected chi connectivity index (χ4v) is 7.28. The van der Waals surface area contributed by atoms with Gasteiger partial charge in [-0.25, -0.2) is 0 Å². The highest BCUT2D eigenvalue weighted by molar-refractivity contribution is 4.76. The van der Waals surface area contributed by atoms with Crippen molar-refractivity contribution in [3.8, 4) is 0 Å². The maximum absolute atomic E-state index is 7.33. The van der Waals surface area contributed by atoms with E-state index in [0.717, 1.165) is 19.1 Å². The number of unbranched alkanes of at least 4 members (excludes halogenated alkanes) is 29. The van der Waals surface area contributed by atoms with E-state index in [2.05, 4.69) is 87.9 Å². The van der Waals surface area contributed by atoms with Gasteiger partial charge in [0.2, 0.25) is 0 Å². The van der Waals surface area contributed by atoms with Crippen molar-refractivity contribution in [1.82, 2.24) is 4.90 Å². The number of nitrogens with zero attached hydrogens (tertiary/aromatic N) is 1. The van der Waals surface area contributed by atoms with Crippen molar-refractivity contribution in [2.45, 2.75) is 258 Å². The number of hydrogen-bond acceptors (Lipinski definition) is 4. The third-order valence-electron chi connectivity index (χ3n) is 10.9. The minimum atomic E-state index is 0.525. The summed E-state index contributed by atoms with van der Waals surface area (Å²) >= 11 is 0. The Hall–Kier alpha value is -1.80. The third-order valence-corrected chi connectivity index (χ3v) is 10.9. The standard InChI is InChI=1S/C32H59N.C18H38O.C2H4O.C2H4.CH5N/c1-4-7-10-13-15-17-18-19-20-21-22-24-26-29-32-33(30-27-12-9-6-3)31-28-25-23-16-14-11-8-5-2;1-4-6-8-10-12-14-16-18(19-3)17-15-13-11-9-7-5-2;1-2-3;2*1-2/h8-9H,2-4,7,10-32H2,1H3;18H,4-17H2,1-3H3;2-3H,1H2;1-2H2;2H2,1H3. The Labute approximate surface area is 373 Å². The van der Waals surface area contributed by atoms with Crippen molar-refractivity contribution in [2.24, 2.45) is 5.73 Å². The SMILES string of the molecule is C=C.C=C=CCCCCCCCN(CCCC=C=C)CCCCCCCCCCCCCCCC.C=CO.CCCCCCCCC(CCCCCCCC)OC.CN. The largest absolute Gasteiger partial charge is 0.516 e. The number of ether oxygens (including phenoxy) is 1. The summed E-state index contributed by atoms with van der Waals surface area (Å²) in [5.74, 6) is 0. The summed E-state index contributed by atoms with van der Waals surface area (Å²) in [7, 11) is 3.39. The molecule has 0 radical (unpaired) electrons. The van der Waals surface area contributed by atoms with Gasteiger partial charge in [0.05, 0.1) is 12.4 Å². The van der Waals surface area contributed by atoms with Gasteiger partial charge in [-0.05, 0) is 90.2 Å². The van der Waals surface area contributed by atoms with Crippen LogP contribution in [0.2, 0.25) is 0 Å². The zero-order valence-electron chi connectivity index (χ0n) is 41.3. The van der Waals surface area contributed by atoms with Crippen LogP contribution in [-0.2, 0) is 4.74 Å². The maximum Gasteiger partial charge on any atom is 0.0719 e. The number of methoxy groups -OCH3 is 1. The van der Waals surface area contributed by atoms with Crippen molar-refractivity contribution in [3.63, 3.8) is 0 Å². The van der Waals surface area contributed by atoms with Crippen LogP contribution in [0.3, 0.4) is 0 Å². The molecule has 0 aliphatic rings. The molecule has 0 saturated heterocycles. The zero-order valence-corrected chi connectivity index (χ0v) is 41.3. The van der Waals surface area contributed by atoms with Crippen molar-refractivity contribution in [3.05, 3.63) is 62.8 Å². The van der Waals surface area contributed by atoms with Gasteiger partial charge in [-0.1, -0.05) is 220 Å². The summed E-state index contributed by atoms with van der Waals surface area (Å²) in [4.78, 5) is 2.72. The summed E-state index contributed by atoms with van der Waals surface area (Å²) in [5, 5.41) is 7.33. The Morgan fingerprint density at radius 3 is 1.03 bits per heavy atom. The summed E-state index contributed by atoms with van der Waals surface area (Å²) in [6, 6.07) is 0. The van der Waals surface area contributed by atoms with E-state index >= 15 is 0 Å². The van der Waals surface area contributed by atoms with E-state index in [4.69, 9.17) is 9.84 Å². The van der Waals surface area contributed by atoms with Crippen molar-refractivity contribution in [1.29, 1.82) is 0 Å². The lowest BCUT2D eigenvalue weighted by molar-refractivity contribution is 0.0831. The lowest BCUT2D eigenvalue weighted by atomic mass is 10.0. The summed E-state index contributed by atoms with van der Waals surface area (Å²) in [5.41, 5.74) is 10.3. The predicted molar refractivity (Wildman–Crippen MR) is 272 cm³/mol. The van der Waals surface area contributed by atoms with Crippen LogP contribution in [0.4, 0.5) is 0 Å². The number of allylic oxidation sites excluding steroid dienone is 2. The Bertz CT molecular complexity index is 785. The first-order chi connectivity index (χ1) is 29.1. The second-order valence-corrected chi connectivity index (χ2v) is 16.1. The van der Waals surface area contributed by atoms with Crippen molar-refractivity contribution in [2.75, 3.05) is 33.8 Å². The molecule has 0 heterocycles. The molecule has 4 nitrogen and oxygen atoms in total. The molecular formula is C55H110N2O2. The first-order valence-electron chi connectivity index (χ1n) is 25.4. The molecule has 0 aromatic carbocycles. The Morgan fingerprint density at radius 2 is 0.729 bits per heavy atom. The number of nitrogens with two attached hydrogens (primary N) is 1. The van der Waals surface area contributed by atoms with Gasteiger partial charge in [0, 0.05) is 7.11 Å². The van der Waals surface area contributed by atoms with Crippen LogP contribution in [0, 0.1) is 0 Å². The second kappa shape index (κ2) is 70.7. The van der Waals surface area contributed by atoms with Crippen LogP contribution in [-0.4, -0.2) is 49.9 Å². The van der Waals surface area contributed by atoms with E-state index in [9.17, 15) is 0 Å². The molecule has 0 aromatic heterocycles. The molecule has 0 aliphatic carbocycles. The lowest BCUT2D eigenvalue weighted by Crippen LogP contribution is -2.27. The molecule has 0 atom stereocenters. The molecule has 59 heavy (non-hydrogen) atoms. The maximum atomic E-state index is 7.33. The fraction of sp³-hybridized carbons (Fsp3) is 0.818. The molecule has 4 heteroatoms. The Kier molecular flexibility index (Phi) is 79.5. The van der Waals surface area contributed by atoms with Gasteiger partial charge in [-0.3, -0.25) is 0 Å². The molecule has 352 valence electrons. The lowest BCUT2D eigenvalue weighted by Gasteiger charge is -2.22. The van der Waals surface area contributed by atoms with E-state index < -0.39 is 0 Å². The van der Waals surface area contributed by atoms with Gasteiger partial charge in [0.15, 0.2) is 0 Å². The Balaban J connectivity index is -0.000000315. The van der Waals surface area contributed by atoms with Crippen LogP contribution in [0.25, 0.3) is 0 Å². The van der Waals surface area contributed by atoms with Crippen LogP contribution < -0.4 is 5.73 Å². The van der Waals surface area contributed by atoms with E-state index in [1.165, 1.54) is 245 Å². The molecule has 0 bridgehead atoms. The minimum absolute atomic E-state index is 0.525. The smallest absolute Gasteiger partial charge is 0.0719 e. The molecule has 0 unspecified atom stereocenters. The van der Waals surface area contributed by atoms with Crippen LogP contribution >= 0.6 is 0 Å². The topological polar surface area (TPSA) is 58.7 Å². The van der Waals surface area contributed by atoms with Gasteiger partial charge >= 0.3 is 0 Å². The average Bonchev–Trinajstić information content (AvgIpc) is 3.26. The van der Waals surface area contributed by atoms with Crippen LogP contribution in [0.5, 0.6) is 0 Å². The predicted octanol–water partition coefficient (Wildman–Crippen LogP) is 18.1. The van der Waals surface area contributed by atoms with Gasteiger partial charge in [0.1, 0.15) is 0 Å². The van der Waals surface area contributed by atoms with Crippen molar-refractivity contribution < 1.29 is 9.84 Å². The van der Waals surface area contributed by atoms with Gasteiger partial charge < -0.3 is 20.5 Å². The fourth-order valence-electron chi connectivity index (χ4n) is 7.28. The van der Waals surface area contributed by atoms with Gasteiger partial charge in [-0.15, -0.1) is 24.6 Å². The highest BCUT2D eigenvalue weighted by Crippen LogP contribution is 2.17. The quantitative estimate of drug-likeness (QED) is 0.0278. The number of rotatable bonds is 42. The first-order valence-corrected chi connectivity index (χ1v) is 25.4. The normalized spacial score (nSPS) is 10.1. The molecule has 0 fully saturated rings.